The predicted octanol–water partition coefficient (Wildman–Crippen LogP) is 5.00. The van der Waals surface area contributed by atoms with Gasteiger partial charge < -0.3 is 25.8 Å². The number of nitriles is 1. The second-order valence-corrected chi connectivity index (χ2v) is 10.8. The number of rotatable bonds is 10. The number of unbranched alkanes of at least 4 members (excludes halogenated alkanes) is 1. The van der Waals surface area contributed by atoms with Gasteiger partial charge in [-0.3, -0.25) is 4.79 Å². The van der Waals surface area contributed by atoms with E-state index in [1.807, 2.05) is 30.5 Å². The summed E-state index contributed by atoms with van der Waals surface area (Å²) in [5.74, 6) is 1.85. The van der Waals surface area contributed by atoms with Gasteiger partial charge in [0.1, 0.15) is 11.7 Å². The summed E-state index contributed by atoms with van der Waals surface area (Å²) in [6.45, 7) is 5.96. The molecule has 0 spiro atoms. The van der Waals surface area contributed by atoms with Crippen LogP contribution in [0.15, 0.2) is 59.3 Å². The number of amides is 1. The Balaban J connectivity index is 1.46. The van der Waals surface area contributed by atoms with Crippen molar-refractivity contribution >= 4 is 23.1 Å². The first-order valence-corrected chi connectivity index (χ1v) is 14.0. The Labute approximate surface area is 238 Å². The molecule has 40 heavy (non-hydrogen) atoms. The average molecular weight is 540 g/mol. The summed E-state index contributed by atoms with van der Waals surface area (Å²) in [6, 6.07) is 9.98. The van der Waals surface area contributed by atoms with Gasteiger partial charge in [-0.2, -0.15) is 5.26 Å². The highest BCUT2D eigenvalue weighted by atomic mass is 16.2. The van der Waals surface area contributed by atoms with Gasteiger partial charge >= 0.3 is 0 Å². The van der Waals surface area contributed by atoms with Gasteiger partial charge in [0, 0.05) is 50.7 Å². The Hall–Kier alpha value is -4.09. The fourth-order valence-corrected chi connectivity index (χ4v) is 5.54. The van der Waals surface area contributed by atoms with E-state index in [0.717, 1.165) is 66.1 Å². The van der Waals surface area contributed by atoms with E-state index >= 15 is 0 Å². The number of carbonyl (C=O) groups is 1. The third kappa shape index (κ3) is 6.21. The number of anilines is 1. The van der Waals surface area contributed by atoms with Crippen LogP contribution in [0.3, 0.4) is 0 Å². The van der Waals surface area contributed by atoms with Gasteiger partial charge in [0.25, 0.3) is 5.91 Å². The number of carbonyl (C=O) groups excluding carboxylic acids is 1. The molecular weight excluding hydrogens is 498 g/mol. The van der Waals surface area contributed by atoms with Gasteiger partial charge in [-0.15, -0.1) is 0 Å². The van der Waals surface area contributed by atoms with Crippen molar-refractivity contribution in [3.63, 3.8) is 0 Å². The van der Waals surface area contributed by atoms with Crippen LogP contribution in [-0.2, 0) is 13.6 Å². The molecule has 2 aliphatic rings. The highest BCUT2D eigenvalue weighted by Crippen LogP contribution is 2.36. The Morgan fingerprint density at radius 1 is 1.25 bits per heavy atom. The number of aliphatic imine (C=N–C) groups is 1. The van der Waals surface area contributed by atoms with Crippen molar-refractivity contribution in [2.75, 3.05) is 26.0 Å². The molecule has 1 aromatic carbocycles. The fourth-order valence-electron chi connectivity index (χ4n) is 5.54. The van der Waals surface area contributed by atoms with E-state index in [2.05, 4.69) is 59.3 Å². The third-order valence-corrected chi connectivity index (χ3v) is 7.78. The zero-order valence-corrected chi connectivity index (χ0v) is 24.3. The zero-order chi connectivity index (χ0) is 28.8. The summed E-state index contributed by atoms with van der Waals surface area (Å²) in [5, 5.41) is 16.7. The molecule has 0 fully saturated rings. The number of nitrogens with two attached hydrogens (primary N) is 1. The number of hydrogen-bond acceptors (Lipinski definition) is 6. The number of benzene rings is 1. The highest BCUT2D eigenvalue weighted by Gasteiger charge is 2.24. The molecule has 210 valence electrons. The van der Waals surface area contributed by atoms with Gasteiger partial charge in [0.2, 0.25) is 0 Å². The summed E-state index contributed by atoms with van der Waals surface area (Å²) >= 11 is 0. The normalized spacial score (nSPS) is 18.5. The van der Waals surface area contributed by atoms with Crippen LogP contribution >= 0.6 is 0 Å². The molecule has 1 aromatic heterocycles. The Morgan fingerprint density at radius 2 is 2.05 bits per heavy atom. The van der Waals surface area contributed by atoms with Crippen LogP contribution in [0.2, 0.25) is 0 Å². The van der Waals surface area contributed by atoms with Crippen molar-refractivity contribution in [3.8, 4) is 6.07 Å². The lowest BCUT2D eigenvalue weighted by Crippen LogP contribution is -2.22. The first-order valence-electron chi connectivity index (χ1n) is 14.0. The molecule has 2 aliphatic heterocycles. The number of fused-ring (bicyclic) bond motifs is 1. The molecule has 0 saturated carbocycles. The molecule has 0 radical (unpaired) electrons. The number of aromatic nitrogens is 1. The zero-order valence-electron chi connectivity index (χ0n) is 24.3. The molecule has 3 heterocycles. The van der Waals surface area contributed by atoms with Crippen molar-refractivity contribution in [2.45, 2.75) is 58.0 Å². The number of amidine groups is 1. The molecule has 2 unspecified atom stereocenters. The van der Waals surface area contributed by atoms with Crippen molar-refractivity contribution in [2.24, 2.45) is 17.8 Å². The second-order valence-electron chi connectivity index (χ2n) is 10.8. The largest absolute Gasteiger partial charge is 0.384 e. The Kier molecular flexibility index (Phi) is 9.28. The van der Waals surface area contributed by atoms with Gasteiger partial charge in [-0.05, 0) is 84.9 Å². The van der Waals surface area contributed by atoms with Crippen molar-refractivity contribution in [1.29, 1.82) is 5.26 Å². The maximum Gasteiger partial charge on any atom is 0.253 e. The van der Waals surface area contributed by atoms with Crippen molar-refractivity contribution in [1.82, 2.24) is 14.8 Å². The number of nitrogens with one attached hydrogen (secondary N) is 2. The monoisotopic (exact) mass is 539 g/mol. The smallest absolute Gasteiger partial charge is 0.253 e. The molecule has 0 bridgehead atoms. The van der Waals surface area contributed by atoms with Crippen molar-refractivity contribution in [3.05, 3.63) is 82.2 Å². The lowest BCUT2D eigenvalue weighted by atomic mass is 9.87. The minimum atomic E-state index is -0.615. The number of nitrogens with zero attached hydrogens (tertiary/aromatic N) is 4. The van der Waals surface area contributed by atoms with Gasteiger partial charge in [0.15, 0.2) is 6.04 Å². The third-order valence-electron chi connectivity index (χ3n) is 7.78. The Bertz CT molecular complexity index is 1420. The standard InChI is InChI=1S/C32H41N7O/c1-6-7-8-22(25-10-9-23(17-21(25)2)32(40)38(3)4)13-15-35-20-24-18-28-26(14-16-36-31(28)39(24)5)27-11-12-30(34)37-29(27)19-33/h9-12,14,16-18,22,29,35-36H,6-8,13,15,20H2,1-5H3,(H2,34,37)/b27-26+. The van der Waals surface area contributed by atoms with Crippen LogP contribution in [-0.4, -0.2) is 47.9 Å². The molecule has 2 atom stereocenters. The molecule has 2 aromatic rings. The highest BCUT2D eigenvalue weighted by molar-refractivity contribution is 5.97. The molecule has 0 saturated heterocycles. The van der Waals surface area contributed by atoms with Crippen molar-refractivity contribution < 1.29 is 4.79 Å². The first kappa shape index (κ1) is 28.9. The van der Waals surface area contributed by atoms with E-state index in [-0.39, 0.29) is 5.91 Å². The maximum atomic E-state index is 12.4. The van der Waals surface area contributed by atoms with E-state index in [1.54, 1.807) is 25.1 Å². The molecular formula is C32H41N7O. The number of hydrogen-bond donors (Lipinski definition) is 3. The lowest BCUT2D eigenvalue weighted by molar-refractivity contribution is 0.0827. The van der Waals surface area contributed by atoms with Crippen LogP contribution in [0.25, 0.3) is 5.57 Å². The lowest BCUT2D eigenvalue weighted by Gasteiger charge is -2.21. The van der Waals surface area contributed by atoms with Crippen LogP contribution in [0.5, 0.6) is 0 Å². The molecule has 0 aliphatic carbocycles. The molecule has 4 rings (SSSR count). The maximum absolute atomic E-state index is 12.4. The minimum absolute atomic E-state index is 0.0368. The first-order chi connectivity index (χ1) is 19.2. The minimum Gasteiger partial charge on any atom is -0.384 e. The molecule has 8 nitrogen and oxygen atoms in total. The summed E-state index contributed by atoms with van der Waals surface area (Å²) in [6.07, 6.45) is 12.0. The fraction of sp³-hybridized carbons (Fsp3) is 0.406. The number of aryl methyl sites for hydroxylation is 1. The topological polar surface area (TPSA) is 111 Å². The predicted molar refractivity (Wildman–Crippen MR) is 163 cm³/mol. The second kappa shape index (κ2) is 12.8. The van der Waals surface area contributed by atoms with Gasteiger partial charge in [-0.1, -0.05) is 31.9 Å². The van der Waals surface area contributed by atoms with Crippen LogP contribution in [0.1, 0.15) is 71.3 Å². The number of allylic oxidation sites excluding steroid dienone is 2. The van der Waals surface area contributed by atoms with E-state index in [9.17, 15) is 10.1 Å². The van der Waals surface area contributed by atoms with Gasteiger partial charge in [0.05, 0.1) is 6.07 Å². The van der Waals surface area contributed by atoms with Gasteiger partial charge in [-0.25, -0.2) is 4.99 Å². The summed E-state index contributed by atoms with van der Waals surface area (Å²) in [4.78, 5) is 18.4. The van der Waals surface area contributed by atoms with E-state index in [0.29, 0.717) is 11.8 Å². The number of dihydropyridines is 1. The molecule has 1 amide bonds. The van der Waals surface area contributed by atoms with E-state index in [1.165, 1.54) is 17.5 Å². The SMILES string of the molecule is CCCCC(CCNCc1cc2c(n1C)NC=C/C2=C1/C=CC(N)=NC1C#N)c1ccc(C(=O)N(C)C)cc1C. The summed E-state index contributed by atoms with van der Waals surface area (Å²) < 4.78 is 2.16. The average Bonchev–Trinajstić information content (AvgIpc) is 3.27. The summed E-state index contributed by atoms with van der Waals surface area (Å²) in [7, 11) is 5.63. The van der Waals surface area contributed by atoms with E-state index in [4.69, 9.17) is 5.73 Å². The summed E-state index contributed by atoms with van der Waals surface area (Å²) in [5.41, 5.74) is 13.1. The molecule has 4 N–H and O–H groups in total. The van der Waals surface area contributed by atoms with E-state index < -0.39 is 6.04 Å². The quantitative estimate of drug-likeness (QED) is 0.368. The van der Waals surface area contributed by atoms with Crippen LogP contribution in [0, 0.1) is 18.3 Å². The molecule has 8 heteroatoms. The van der Waals surface area contributed by atoms with Crippen LogP contribution in [0.4, 0.5) is 5.82 Å². The Morgan fingerprint density at radius 3 is 2.75 bits per heavy atom. The van der Waals surface area contributed by atoms with Crippen LogP contribution < -0.4 is 16.4 Å².